The number of aliphatic hydroxyl groups excluding tert-OH is 1. The molecule has 4 heterocycles. The van der Waals surface area contributed by atoms with Gasteiger partial charge in [-0.15, -0.1) is 0 Å². The average Bonchev–Trinajstić information content (AvgIpc) is 3.65. The highest BCUT2D eigenvalue weighted by Crippen LogP contribution is 2.38. The minimum absolute atomic E-state index is 0.0498. The number of aryl methyl sites for hydroxylation is 1. The summed E-state index contributed by atoms with van der Waals surface area (Å²) in [6, 6.07) is 6.93. The maximum absolute atomic E-state index is 10.6. The van der Waals surface area contributed by atoms with Crippen LogP contribution in [0.2, 0.25) is 0 Å². The summed E-state index contributed by atoms with van der Waals surface area (Å²) in [4.78, 5) is 23.3. The molecule has 0 amide bonds. The third kappa shape index (κ3) is 6.24. The van der Waals surface area contributed by atoms with E-state index in [1.807, 2.05) is 25.3 Å². The molecule has 41 heavy (non-hydrogen) atoms. The molecular formula is C31H46N8O2. The number of nitrogen functional groups attached to an aromatic ring is 1. The molecule has 10 nitrogen and oxygen atoms in total. The first kappa shape index (κ1) is 29.4. The van der Waals surface area contributed by atoms with Crippen LogP contribution in [0, 0.1) is 5.92 Å². The first-order valence-electron chi connectivity index (χ1n) is 15.2. The van der Waals surface area contributed by atoms with Gasteiger partial charge in [-0.05, 0) is 68.1 Å². The highest BCUT2D eigenvalue weighted by molar-refractivity contribution is 5.81. The van der Waals surface area contributed by atoms with Gasteiger partial charge in [0.25, 0.3) is 0 Å². The second-order valence-corrected chi connectivity index (χ2v) is 12.4. The standard InChI is InChI=1S/C29H40N8O2.C2H6/c1-17(38)36(14-21-7-10-25(39-21)37-16-33-26-27(30)31-15-32-28(26)37)20-11-18(12-20)5-9-24-34-22-8-6-19(29(2,3)4)13-23(22)35-24;1-2/h6,8,13,15-18,20-21,25,38H,5,7,9-12,14H2,1-4H3,(H,34,35)(H2,30,31,32);1-2H3. The molecule has 3 unspecified atom stereocenters. The van der Waals surface area contributed by atoms with Crippen LogP contribution in [-0.4, -0.2) is 64.4 Å². The number of H-pyrrole nitrogens is 1. The normalized spacial score (nSPS) is 23.5. The number of aromatic amines is 1. The van der Waals surface area contributed by atoms with E-state index in [1.165, 1.54) is 11.9 Å². The van der Waals surface area contributed by atoms with Crippen LogP contribution >= 0.6 is 0 Å². The molecule has 6 rings (SSSR count). The number of nitrogens with two attached hydrogens (primary N) is 1. The zero-order chi connectivity index (χ0) is 29.3. The summed E-state index contributed by atoms with van der Waals surface area (Å²) < 4.78 is 8.35. The number of aliphatic hydroxyl groups is 1. The van der Waals surface area contributed by atoms with Crippen LogP contribution in [0.4, 0.5) is 5.82 Å². The van der Waals surface area contributed by atoms with Crippen molar-refractivity contribution < 1.29 is 9.84 Å². The Hall–Kier alpha value is -3.08. The molecule has 0 bridgehead atoms. The SMILES string of the molecule is CC.CC(O)N(CC1CCC(n2cnc3c(N)ncnc32)O1)C1CC(CCc2nc3ccc(C(C)(C)C)cc3[nH]2)C1. The summed E-state index contributed by atoms with van der Waals surface area (Å²) in [5.74, 6) is 2.09. The van der Waals surface area contributed by atoms with E-state index in [9.17, 15) is 5.11 Å². The van der Waals surface area contributed by atoms with Crippen LogP contribution in [0.25, 0.3) is 22.2 Å². The molecule has 1 saturated heterocycles. The Bertz CT molecular complexity index is 1450. The van der Waals surface area contributed by atoms with E-state index in [4.69, 9.17) is 15.5 Å². The predicted molar refractivity (Wildman–Crippen MR) is 162 cm³/mol. The molecule has 3 aromatic heterocycles. The molecule has 0 spiro atoms. The maximum atomic E-state index is 10.6. The van der Waals surface area contributed by atoms with Crippen molar-refractivity contribution >= 4 is 28.0 Å². The lowest BCUT2D eigenvalue weighted by molar-refractivity contribution is -0.0882. The first-order chi connectivity index (χ1) is 19.7. The molecule has 1 aliphatic heterocycles. The van der Waals surface area contributed by atoms with Gasteiger partial charge in [-0.1, -0.05) is 40.7 Å². The highest BCUT2D eigenvalue weighted by Gasteiger charge is 2.38. The zero-order valence-electron chi connectivity index (χ0n) is 25.3. The zero-order valence-corrected chi connectivity index (χ0v) is 25.3. The Morgan fingerprint density at radius 3 is 2.68 bits per heavy atom. The van der Waals surface area contributed by atoms with E-state index >= 15 is 0 Å². The smallest absolute Gasteiger partial charge is 0.167 e. The number of rotatable bonds is 8. The third-order valence-corrected chi connectivity index (χ3v) is 8.54. The number of benzene rings is 1. The second kappa shape index (κ2) is 12.0. The summed E-state index contributed by atoms with van der Waals surface area (Å²) in [6.07, 6.45) is 8.64. The number of nitrogens with one attached hydrogen (secondary N) is 1. The van der Waals surface area contributed by atoms with E-state index in [1.54, 1.807) is 6.33 Å². The van der Waals surface area contributed by atoms with Gasteiger partial charge in [-0.25, -0.2) is 19.9 Å². The van der Waals surface area contributed by atoms with E-state index in [-0.39, 0.29) is 17.7 Å². The van der Waals surface area contributed by atoms with Crippen molar-refractivity contribution in [2.45, 2.75) is 110 Å². The number of hydrogen-bond donors (Lipinski definition) is 3. The van der Waals surface area contributed by atoms with Crippen molar-refractivity contribution in [1.29, 1.82) is 0 Å². The Morgan fingerprint density at radius 2 is 1.95 bits per heavy atom. The summed E-state index contributed by atoms with van der Waals surface area (Å²) in [7, 11) is 0. The van der Waals surface area contributed by atoms with Gasteiger partial charge in [0, 0.05) is 19.0 Å². The molecule has 1 saturated carbocycles. The lowest BCUT2D eigenvalue weighted by Gasteiger charge is -2.45. The Morgan fingerprint density at radius 1 is 1.17 bits per heavy atom. The number of ether oxygens (including phenoxy) is 1. The van der Waals surface area contributed by atoms with Crippen LogP contribution in [0.3, 0.4) is 0 Å². The summed E-state index contributed by atoms with van der Waals surface area (Å²) in [5.41, 5.74) is 10.9. The van der Waals surface area contributed by atoms with Crippen molar-refractivity contribution in [3.05, 3.63) is 42.2 Å². The molecule has 222 valence electrons. The van der Waals surface area contributed by atoms with Crippen molar-refractivity contribution in [2.24, 2.45) is 5.92 Å². The fourth-order valence-electron chi connectivity index (χ4n) is 6.14. The summed E-state index contributed by atoms with van der Waals surface area (Å²) >= 11 is 0. The Kier molecular flexibility index (Phi) is 8.63. The predicted octanol–water partition coefficient (Wildman–Crippen LogP) is 5.34. The lowest BCUT2D eigenvalue weighted by Crippen LogP contribution is -2.51. The van der Waals surface area contributed by atoms with Crippen molar-refractivity contribution in [3.8, 4) is 0 Å². The third-order valence-electron chi connectivity index (χ3n) is 8.54. The van der Waals surface area contributed by atoms with Crippen LogP contribution in [0.5, 0.6) is 0 Å². The van der Waals surface area contributed by atoms with Gasteiger partial charge in [0.15, 0.2) is 11.5 Å². The minimum atomic E-state index is -0.507. The van der Waals surface area contributed by atoms with Gasteiger partial charge in [0.05, 0.1) is 23.5 Å². The first-order valence-corrected chi connectivity index (χ1v) is 15.2. The summed E-state index contributed by atoms with van der Waals surface area (Å²) in [5, 5.41) is 10.6. The van der Waals surface area contributed by atoms with Gasteiger partial charge in [0.1, 0.15) is 30.1 Å². The molecule has 1 aliphatic carbocycles. The average molecular weight is 563 g/mol. The van der Waals surface area contributed by atoms with Crippen molar-refractivity contribution in [3.63, 3.8) is 0 Å². The quantitative estimate of drug-likeness (QED) is 0.245. The number of fused-ring (bicyclic) bond motifs is 2. The molecule has 3 atom stereocenters. The van der Waals surface area contributed by atoms with E-state index < -0.39 is 6.23 Å². The highest BCUT2D eigenvalue weighted by atomic mass is 16.5. The van der Waals surface area contributed by atoms with Gasteiger partial charge >= 0.3 is 0 Å². The molecule has 2 aliphatic rings. The second-order valence-electron chi connectivity index (χ2n) is 12.4. The molecule has 1 aromatic carbocycles. The minimum Gasteiger partial charge on any atom is -0.382 e. The number of hydrogen-bond acceptors (Lipinski definition) is 8. The van der Waals surface area contributed by atoms with Gasteiger partial charge in [-0.2, -0.15) is 0 Å². The number of anilines is 1. The molecular weight excluding hydrogens is 516 g/mol. The fraction of sp³-hybridized carbons (Fsp3) is 0.613. The molecule has 4 N–H and O–H groups in total. The van der Waals surface area contributed by atoms with Crippen LogP contribution < -0.4 is 5.73 Å². The molecule has 2 fully saturated rings. The largest absolute Gasteiger partial charge is 0.382 e. The number of aromatic nitrogens is 6. The fourth-order valence-corrected chi connectivity index (χ4v) is 6.14. The van der Waals surface area contributed by atoms with E-state index in [0.29, 0.717) is 28.9 Å². The van der Waals surface area contributed by atoms with Crippen LogP contribution in [0.1, 0.15) is 91.3 Å². The van der Waals surface area contributed by atoms with Gasteiger partial charge < -0.3 is 20.6 Å². The molecule has 10 heteroatoms. The van der Waals surface area contributed by atoms with Crippen LogP contribution in [0.15, 0.2) is 30.9 Å². The van der Waals surface area contributed by atoms with Crippen LogP contribution in [-0.2, 0) is 16.6 Å². The lowest BCUT2D eigenvalue weighted by atomic mass is 9.76. The summed E-state index contributed by atoms with van der Waals surface area (Å²) in [6.45, 7) is 13.3. The van der Waals surface area contributed by atoms with Gasteiger partial charge in [0.2, 0.25) is 0 Å². The molecule has 0 radical (unpaired) electrons. The van der Waals surface area contributed by atoms with E-state index in [0.717, 1.165) is 61.9 Å². The Balaban J connectivity index is 0.00000165. The number of nitrogens with zero attached hydrogens (tertiary/aromatic N) is 6. The van der Waals surface area contributed by atoms with Gasteiger partial charge in [-0.3, -0.25) is 9.47 Å². The van der Waals surface area contributed by atoms with E-state index in [2.05, 4.69) is 63.8 Å². The monoisotopic (exact) mass is 562 g/mol. The number of imidazole rings is 2. The maximum Gasteiger partial charge on any atom is 0.167 e. The van der Waals surface area contributed by atoms with Crippen molar-refractivity contribution in [2.75, 3.05) is 12.3 Å². The topological polar surface area (TPSA) is 131 Å². The van der Waals surface area contributed by atoms with Crippen molar-refractivity contribution in [1.82, 2.24) is 34.4 Å². The Labute approximate surface area is 242 Å². The molecule has 4 aromatic rings.